The highest BCUT2D eigenvalue weighted by Crippen LogP contribution is 2.29. The van der Waals surface area contributed by atoms with E-state index in [0.29, 0.717) is 43.4 Å². The van der Waals surface area contributed by atoms with Crippen LogP contribution in [-0.2, 0) is 11.2 Å². The Balaban J connectivity index is 1.82. The van der Waals surface area contributed by atoms with E-state index in [1.807, 2.05) is 12.1 Å². The lowest BCUT2D eigenvalue weighted by atomic mass is 10.0. The van der Waals surface area contributed by atoms with Crippen molar-refractivity contribution in [2.45, 2.75) is 104 Å². The van der Waals surface area contributed by atoms with Crippen molar-refractivity contribution < 1.29 is 29.2 Å². The average molecular weight is 586 g/mol. The van der Waals surface area contributed by atoms with Gasteiger partial charge in [0.25, 0.3) is 0 Å². The zero-order valence-electron chi connectivity index (χ0n) is 26.4. The van der Waals surface area contributed by atoms with Crippen LogP contribution in [0.3, 0.4) is 0 Å². The van der Waals surface area contributed by atoms with E-state index >= 15 is 0 Å². The third kappa shape index (κ3) is 14.3. The van der Waals surface area contributed by atoms with E-state index in [-0.39, 0.29) is 17.5 Å². The second-order valence-electron chi connectivity index (χ2n) is 11.0. The maximum atomic E-state index is 12.9. The molecule has 0 aliphatic heterocycles. The van der Waals surface area contributed by atoms with Crippen LogP contribution in [0, 0.1) is 0 Å². The molecule has 0 saturated heterocycles. The number of hydrogen-bond donors (Lipinski definition) is 2. The van der Waals surface area contributed by atoms with Gasteiger partial charge in [0.1, 0.15) is 18.1 Å². The standard InChI is InChI=1S/C35H55NO6/c1-4-7-8-9-10-11-13-16-23-40-31-26-30(35(39)42-25-22-36(5-2)6-3)27-32(28-31)41-24-17-14-12-15-19-29-20-18-21-33(37)34(29)38/h18,20-21,26-28,37-38H,4-17,19,22-25H2,1-3H3. The minimum absolute atomic E-state index is 0.0206. The molecule has 0 bridgehead atoms. The van der Waals surface area contributed by atoms with E-state index in [9.17, 15) is 15.0 Å². The molecule has 42 heavy (non-hydrogen) atoms. The summed E-state index contributed by atoms with van der Waals surface area (Å²) in [4.78, 5) is 15.1. The van der Waals surface area contributed by atoms with Gasteiger partial charge in [-0.1, -0.05) is 90.7 Å². The first kappa shape index (κ1) is 35.3. The Morgan fingerprint density at radius 2 is 1.29 bits per heavy atom. The number of carbonyl (C=O) groups excluding carboxylic acids is 1. The third-order valence-corrected chi connectivity index (χ3v) is 7.62. The van der Waals surface area contributed by atoms with Crippen molar-refractivity contribution in [1.29, 1.82) is 0 Å². The van der Waals surface area contributed by atoms with Gasteiger partial charge >= 0.3 is 5.97 Å². The fraction of sp³-hybridized carbons (Fsp3) is 0.629. The smallest absolute Gasteiger partial charge is 0.338 e. The topological polar surface area (TPSA) is 88.5 Å². The maximum absolute atomic E-state index is 12.9. The van der Waals surface area contributed by atoms with E-state index in [0.717, 1.165) is 63.6 Å². The number of aromatic hydroxyl groups is 2. The Kier molecular flexibility index (Phi) is 18.2. The van der Waals surface area contributed by atoms with Crippen molar-refractivity contribution in [3.8, 4) is 23.0 Å². The first-order chi connectivity index (χ1) is 20.5. The van der Waals surface area contributed by atoms with Gasteiger partial charge in [-0.2, -0.15) is 0 Å². The van der Waals surface area contributed by atoms with Gasteiger partial charge in [-0.05, 0) is 62.5 Å². The number of aryl methyl sites for hydroxylation is 1. The van der Waals surface area contributed by atoms with Gasteiger partial charge in [-0.15, -0.1) is 0 Å². The average Bonchev–Trinajstić information content (AvgIpc) is 2.99. The minimum atomic E-state index is -0.361. The molecule has 2 rings (SSSR count). The first-order valence-electron chi connectivity index (χ1n) is 16.3. The van der Waals surface area contributed by atoms with E-state index < -0.39 is 0 Å². The molecule has 0 saturated carbocycles. The first-order valence-corrected chi connectivity index (χ1v) is 16.3. The Hall–Kier alpha value is -2.93. The molecule has 0 aromatic heterocycles. The minimum Gasteiger partial charge on any atom is -0.504 e. The van der Waals surface area contributed by atoms with Crippen LogP contribution in [0.5, 0.6) is 23.0 Å². The van der Waals surface area contributed by atoms with Gasteiger partial charge in [-0.3, -0.25) is 0 Å². The van der Waals surface area contributed by atoms with E-state index in [1.54, 1.807) is 18.2 Å². The van der Waals surface area contributed by atoms with Gasteiger partial charge in [0.15, 0.2) is 11.5 Å². The largest absolute Gasteiger partial charge is 0.504 e. The molecular formula is C35H55NO6. The number of carbonyl (C=O) groups is 1. The lowest BCUT2D eigenvalue weighted by Gasteiger charge is -2.17. The molecule has 0 radical (unpaired) electrons. The summed E-state index contributed by atoms with van der Waals surface area (Å²) in [5, 5.41) is 19.6. The molecule has 0 amide bonds. The molecule has 0 spiro atoms. The van der Waals surface area contributed by atoms with Crippen molar-refractivity contribution in [2.75, 3.05) is 39.5 Å². The van der Waals surface area contributed by atoms with Crippen LogP contribution in [0.2, 0.25) is 0 Å². The Bertz CT molecular complexity index is 1010. The van der Waals surface area contributed by atoms with Crippen LogP contribution >= 0.6 is 0 Å². The molecule has 0 heterocycles. The zero-order chi connectivity index (χ0) is 30.4. The predicted octanol–water partition coefficient (Wildman–Crippen LogP) is 8.30. The van der Waals surface area contributed by atoms with E-state index in [1.165, 1.54) is 44.6 Å². The van der Waals surface area contributed by atoms with Crippen molar-refractivity contribution in [1.82, 2.24) is 4.90 Å². The number of phenols is 2. The lowest BCUT2D eigenvalue weighted by molar-refractivity contribution is 0.0465. The summed E-state index contributed by atoms with van der Waals surface area (Å²) in [5.41, 5.74) is 1.22. The molecule has 0 unspecified atom stereocenters. The SMILES string of the molecule is CCCCCCCCCCOc1cc(OCCCCCCc2cccc(O)c2O)cc(C(=O)OCCN(CC)CC)c1. The van der Waals surface area contributed by atoms with E-state index in [2.05, 4.69) is 25.7 Å². The number of para-hydroxylation sites is 1. The quantitative estimate of drug-likeness (QED) is 0.0728. The molecule has 0 atom stereocenters. The van der Waals surface area contributed by atoms with Crippen molar-refractivity contribution in [3.63, 3.8) is 0 Å². The van der Waals surface area contributed by atoms with Crippen LogP contribution in [0.15, 0.2) is 36.4 Å². The van der Waals surface area contributed by atoms with Gasteiger partial charge in [0.2, 0.25) is 0 Å². The number of esters is 1. The number of ether oxygens (including phenoxy) is 3. The van der Waals surface area contributed by atoms with Gasteiger partial charge in [0, 0.05) is 12.6 Å². The maximum Gasteiger partial charge on any atom is 0.338 e. The summed E-state index contributed by atoms with van der Waals surface area (Å²) in [6.07, 6.45) is 14.4. The molecule has 2 aromatic rings. The molecule has 2 N–H and O–H groups in total. The highest BCUT2D eigenvalue weighted by molar-refractivity contribution is 5.90. The molecule has 2 aromatic carbocycles. The fourth-order valence-corrected chi connectivity index (χ4v) is 4.91. The number of benzene rings is 2. The third-order valence-electron chi connectivity index (χ3n) is 7.62. The zero-order valence-corrected chi connectivity index (χ0v) is 26.4. The fourth-order valence-electron chi connectivity index (χ4n) is 4.91. The lowest BCUT2D eigenvalue weighted by Crippen LogP contribution is -2.27. The molecular weight excluding hydrogens is 530 g/mol. The molecule has 0 aliphatic carbocycles. The molecule has 0 aliphatic rings. The number of likely N-dealkylation sites (N-methyl/N-ethyl adjacent to an activating group) is 1. The van der Waals surface area contributed by atoms with Gasteiger partial charge in [0.05, 0.1) is 18.8 Å². The Labute approximate surface area is 254 Å². The summed E-state index contributed by atoms with van der Waals surface area (Å²) in [6.45, 7) is 10.5. The van der Waals surface area contributed by atoms with Crippen LogP contribution in [0.1, 0.15) is 114 Å². The summed E-state index contributed by atoms with van der Waals surface area (Å²) < 4.78 is 17.6. The Morgan fingerprint density at radius 3 is 1.88 bits per heavy atom. The van der Waals surface area contributed by atoms with Crippen LogP contribution in [-0.4, -0.2) is 60.5 Å². The second kappa shape index (κ2) is 21.7. The number of phenolic OH excluding ortho intramolecular Hbond substituents is 2. The van der Waals surface area contributed by atoms with Gasteiger partial charge < -0.3 is 29.3 Å². The molecule has 7 nitrogen and oxygen atoms in total. The number of hydrogen-bond acceptors (Lipinski definition) is 7. The second-order valence-corrected chi connectivity index (χ2v) is 11.0. The number of unbranched alkanes of at least 4 members (excludes halogenated alkanes) is 10. The van der Waals surface area contributed by atoms with Crippen LogP contribution in [0.4, 0.5) is 0 Å². The molecule has 236 valence electrons. The van der Waals surface area contributed by atoms with Gasteiger partial charge in [-0.25, -0.2) is 4.79 Å². The van der Waals surface area contributed by atoms with E-state index in [4.69, 9.17) is 14.2 Å². The summed E-state index contributed by atoms with van der Waals surface area (Å²) in [7, 11) is 0. The summed E-state index contributed by atoms with van der Waals surface area (Å²) in [6, 6.07) is 10.4. The summed E-state index contributed by atoms with van der Waals surface area (Å²) >= 11 is 0. The van der Waals surface area contributed by atoms with Crippen LogP contribution < -0.4 is 9.47 Å². The Morgan fingerprint density at radius 1 is 0.714 bits per heavy atom. The summed E-state index contributed by atoms with van der Waals surface area (Å²) in [5.74, 6) is 0.797. The monoisotopic (exact) mass is 585 g/mol. The van der Waals surface area contributed by atoms with Crippen molar-refractivity contribution in [2.24, 2.45) is 0 Å². The number of rotatable bonds is 24. The highest BCUT2D eigenvalue weighted by Gasteiger charge is 2.13. The number of nitrogens with zero attached hydrogens (tertiary/aromatic N) is 1. The van der Waals surface area contributed by atoms with Crippen molar-refractivity contribution >= 4 is 5.97 Å². The predicted molar refractivity (Wildman–Crippen MR) is 170 cm³/mol. The molecule has 7 heteroatoms. The van der Waals surface area contributed by atoms with Crippen LogP contribution in [0.25, 0.3) is 0 Å². The van der Waals surface area contributed by atoms with Crippen molar-refractivity contribution in [3.05, 3.63) is 47.5 Å². The molecule has 0 fully saturated rings. The normalized spacial score (nSPS) is 11.1. The highest BCUT2D eigenvalue weighted by atomic mass is 16.5.